The highest BCUT2D eigenvalue weighted by Crippen LogP contribution is 2.33. The predicted molar refractivity (Wildman–Crippen MR) is 181 cm³/mol. The van der Waals surface area contributed by atoms with Gasteiger partial charge >= 0.3 is 12.1 Å². The molecule has 0 bridgehead atoms. The average Bonchev–Trinajstić information content (AvgIpc) is 3.07. The Morgan fingerprint density at radius 1 is 0.688 bits per heavy atom. The second kappa shape index (κ2) is 14.2. The topological polar surface area (TPSA) is 75.6 Å². The highest BCUT2D eigenvalue weighted by Gasteiger charge is 2.30. The summed E-state index contributed by atoms with van der Waals surface area (Å²) in [5.74, 6) is -1.69. The number of ether oxygens (including phenoxy) is 1. The van der Waals surface area contributed by atoms with Gasteiger partial charge in [0.25, 0.3) is 5.91 Å². The summed E-state index contributed by atoms with van der Waals surface area (Å²) < 4.78 is 45.6. The molecule has 48 heavy (non-hydrogen) atoms. The molecule has 0 radical (unpaired) electrons. The summed E-state index contributed by atoms with van der Waals surface area (Å²) in [7, 11) is 0. The summed E-state index contributed by atoms with van der Waals surface area (Å²) in [5, 5.41) is 12.7. The predicted octanol–water partition coefficient (Wildman–Crippen LogP) is 9.34. The van der Waals surface area contributed by atoms with Gasteiger partial charge in [0.2, 0.25) is 0 Å². The Labute approximate surface area is 278 Å². The van der Waals surface area contributed by atoms with E-state index < -0.39 is 29.7 Å². The molecular weight excluding hydrogens is 615 g/mol. The fourth-order valence-corrected chi connectivity index (χ4v) is 5.26. The summed E-state index contributed by atoms with van der Waals surface area (Å²) in [6.45, 7) is 6.49. The Morgan fingerprint density at radius 2 is 1.21 bits per heavy atom. The molecule has 5 aromatic carbocycles. The molecule has 0 saturated heterocycles. The van der Waals surface area contributed by atoms with Crippen LogP contribution in [0.5, 0.6) is 5.75 Å². The molecule has 1 amide bonds. The van der Waals surface area contributed by atoms with Crippen molar-refractivity contribution >= 4 is 11.9 Å². The zero-order valence-corrected chi connectivity index (χ0v) is 26.8. The van der Waals surface area contributed by atoms with Crippen LogP contribution in [0.25, 0.3) is 22.3 Å². The maximum Gasteiger partial charge on any atom is 0.416 e. The molecule has 0 saturated carbocycles. The number of carboxylic acid groups (broad SMARTS) is 1. The lowest BCUT2D eigenvalue weighted by Gasteiger charge is -2.20. The van der Waals surface area contributed by atoms with Gasteiger partial charge in [0.05, 0.1) is 11.1 Å². The molecule has 0 heterocycles. The van der Waals surface area contributed by atoms with E-state index in [0.717, 1.165) is 39.9 Å². The lowest BCUT2D eigenvalue weighted by atomic mass is 9.87. The highest BCUT2D eigenvalue weighted by molar-refractivity contribution is 6.00. The standard InChI is InChI=1S/C40H36F3NO4/c1-39(2,3)32-18-11-27(12-19-32)25-48-36-22-17-31(30-15-20-33(21-16-30)40(41,42)43)24-34(36)37(45)44-35(38(46)47)23-26-9-13-29(14-10-26)28-7-5-4-6-8-28/h4-22,24,35H,23,25H2,1-3H3,(H,44,45)(H,46,47)/t35-/m0/s1. The van der Waals surface area contributed by atoms with E-state index in [-0.39, 0.29) is 29.8 Å². The second-order valence-electron chi connectivity index (χ2n) is 12.7. The summed E-state index contributed by atoms with van der Waals surface area (Å²) in [4.78, 5) is 26.1. The van der Waals surface area contributed by atoms with Crippen LogP contribution in [0.15, 0.2) is 121 Å². The number of rotatable bonds is 10. The van der Waals surface area contributed by atoms with Crippen molar-refractivity contribution in [3.05, 3.63) is 149 Å². The quantitative estimate of drug-likeness (QED) is 0.158. The number of benzene rings is 5. The summed E-state index contributed by atoms with van der Waals surface area (Å²) in [6.07, 6.45) is -4.45. The Kier molecular flexibility index (Phi) is 10.0. The van der Waals surface area contributed by atoms with Gasteiger partial charge in [-0.3, -0.25) is 4.79 Å². The monoisotopic (exact) mass is 651 g/mol. The second-order valence-corrected chi connectivity index (χ2v) is 12.7. The summed E-state index contributed by atoms with van der Waals surface area (Å²) >= 11 is 0. The Morgan fingerprint density at radius 3 is 1.79 bits per heavy atom. The van der Waals surface area contributed by atoms with Crippen LogP contribution in [0.1, 0.15) is 53.4 Å². The molecule has 0 aliphatic carbocycles. The zero-order valence-electron chi connectivity index (χ0n) is 26.8. The molecule has 0 aromatic heterocycles. The van der Waals surface area contributed by atoms with E-state index in [1.165, 1.54) is 18.2 Å². The molecule has 5 rings (SSSR count). The molecule has 0 aliphatic heterocycles. The van der Waals surface area contributed by atoms with Crippen LogP contribution in [0, 0.1) is 0 Å². The van der Waals surface area contributed by atoms with E-state index in [2.05, 4.69) is 26.1 Å². The molecular formula is C40H36F3NO4. The first-order chi connectivity index (χ1) is 22.8. The van der Waals surface area contributed by atoms with Crippen LogP contribution < -0.4 is 10.1 Å². The largest absolute Gasteiger partial charge is 0.488 e. The fraction of sp³-hybridized carbons (Fsp3) is 0.200. The van der Waals surface area contributed by atoms with Crippen molar-refractivity contribution in [1.82, 2.24) is 5.32 Å². The Bertz CT molecular complexity index is 1860. The van der Waals surface area contributed by atoms with Gasteiger partial charge in [-0.05, 0) is 68.6 Å². The van der Waals surface area contributed by atoms with Gasteiger partial charge in [0.1, 0.15) is 18.4 Å². The van der Waals surface area contributed by atoms with E-state index in [1.807, 2.05) is 78.9 Å². The van der Waals surface area contributed by atoms with Gasteiger partial charge in [-0.1, -0.05) is 118 Å². The van der Waals surface area contributed by atoms with Crippen LogP contribution >= 0.6 is 0 Å². The van der Waals surface area contributed by atoms with E-state index in [0.29, 0.717) is 11.1 Å². The maximum absolute atomic E-state index is 13.7. The summed E-state index contributed by atoms with van der Waals surface area (Å²) in [5.41, 5.74) is 4.91. The first kappa shape index (κ1) is 34.0. The van der Waals surface area contributed by atoms with E-state index in [9.17, 15) is 27.9 Å². The van der Waals surface area contributed by atoms with E-state index >= 15 is 0 Å². The van der Waals surface area contributed by atoms with Gasteiger partial charge in [0.15, 0.2) is 0 Å². The number of carbonyl (C=O) groups is 2. The number of carbonyl (C=O) groups excluding carboxylic acids is 1. The lowest BCUT2D eigenvalue weighted by Crippen LogP contribution is -2.42. The van der Waals surface area contributed by atoms with Gasteiger partial charge in [-0.25, -0.2) is 4.79 Å². The van der Waals surface area contributed by atoms with Crippen LogP contribution in [0.4, 0.5) is 13.2 Å². The number of hydrogen-bond donors (Lipinski definition) is 2. The molecule has 1 atom stereocenters. The molecule has 246 valence electrons. The Hall–Kier alpha value is -5.37. The van der Waals surface area contributed by atoms with Crippen molar-refractivity contribution in [2.75, 3.05) is 0 Å². The van der Waals surface area contributed by atoms with E-state index in [1.54, 1.807) is 12.1 Å². The molecule has 5 nitrogen and oxygen atoms in total. The zero-order chi connectivity index (χ0) is 34.5. The number of halogens is 3. The van der Waals surface area contributed by atoms with Gasteiger partial charge in [-0.2, -0.15) is 13.2 Å². The highest BCUT2D eigenvalue weighted by atomic mass is 19.4. The summed E-state index contributed by atoms with van der Waals surface area (Å²) in [6, 6.07) is 33.2. The number of carboxylic acids is 1. The minimum absolute atomic E-state index is 0.0244. The SMILES string of the molecule is CC(C)(C)c1ccc(COc2ccc(-c3ccc(C(F)(F)F)cc3)cc2C(=O)N[C@@H](Cc2ccc(-c3ccccc3)cc2)C(=O)O)cc1. The number of aliphatic carboxylic acids is 1. The third-order valence-corrected chi connectivity index (χ3v) is 8.09. The lowest BCUT2D eigenvalue weighted by molar-refractivity contribution is -0.139. The van der Waals surface area contributed by atoms with Crippen molar-refractivity contribution in [3.63, 3.8) is 0 Å². The molecule has 0 unspecified atom stereocenters. The average molecular weight is 652 g/mol. The van der Waals surface area contributed by atoms with Crippen LogP contribution in [0.2, 0.25) is 0 Å². The fourth-order valence-electron chi connectivity index (χ4n) is 5.26. The molecule has 0 spiro atoms. The third kappa shape index (κ3) is 8.50. The van der Waals surface area contributed by atoms with Crippen molar-refractivity contribution in [2.45, 2.75) is 51.4 Å². The van der Waals surface area contributed by atoms with Crippen LogP contribution in [0.3, 0.4) is 0 Å². The first-order valence-electron chi connectivity index (χ1n) is 15.5. The molecule has 0 aliphatic rings. The third-order valence-electron chi connectivity index (χ3n) is 8.09. The molecule has 2 N–H and O–H groups in total. The number of hydrogen-bond acceptors (Lipinski definition) is 3. The van der Waals surface area contributed by atoms with Crippen LogP contribution in [-0.2, 0) is 29.4 Å². The first-order valence-corrected chi connectivity index (χ1v) is 15.5. The van der Waals surface area contributed by atoms with Gasteiger partial charge in [-0.15, -0.1) is 0 Å². The number of alkyl halides is 3. The molecule has 5 aromatic rings. The normalized spacial score (nSPS) is 12.3. The molecule has 8 heteroatoms. The van der Waals surface area contributed by atoms with Crippen molar-refractivity contribution in [3.8, 4) is 28.0 Å². The number of amides is 1. The van der Waals surface area contributed by atoms with Crippen molar-refractivity contribution in [2.24, 2.45) is 0 Å². The number of nitrogens with one attached hydrogen (secondary N) is 1. The van der Waals surface area contributed by atoms with Gasteiger partial charge in [0, 0.05) is 6.42 Å². The maximum atomic E-state index is 13.7. The van der Waals surface area contributed by atoms with Gasteiger partial charge < -0.3 is 15.2 Å². The molecule has 0 fully saturated rings. The smallest absolute Gasteiger partial charge is 0.416 e. The van der Waals surface area contributed by atoms with Crippen LogP contribution in [-0.4, -0.2) is 23.0 Å². The minimum Gasteiger partial charge on any atom is -0.488 e. The minimum atomic E-state index is -4.49. The van der Waals surface area contributed by atoms with Crippen molar-refractivity contribution in [1.29, 1.82) is 0 Å². The van der Waals surface area contributed by atoms with E-state index in [4.69, 9.17) is 4.74 Å². The Balaban J connectivity index is 1.40. The van der Waals surface area contributed by atoms with Crippen molar-refractivity contribution < 1.29 is 32.6 Å².